The second-order valence-electron chi connectivity index (χ2n) is 9.31. The molecule has 0 saturated heterocycles. The Morgan fingerprint density at radius 1 is 1.06 bits per heavy atom. The molecule has 4 heterocycles. The average Bonchev–Trinajstić information content (AvgIpc) is 3.50. The third-order valence-electron chi connectivity index (χ3n) is 7.29. The number of carbonyl (C=O) groups is 1. The molecule has 2 aromatic heterocycles. The second-order valence-corrected chi connectivity index (χ2v) is 10.4. The molecule has 0 unspecified atom stereocenters. The number of aromatic nitrogens is 1. The van der Waals surface area contributed by atoms with Gasteiger partial charge < -0.3 is 19.5 Å². The molecular weight excluding hydrogens is 468 g/mol. The standard InChI is InChI=1S/C29H30N4O2S/c1-3-31-16-14-23-24-18-33(29(34)30-21-11-7-12-22(17-21)35-2)27(20-9-5-4-6-10-20)25-13-8-15-32(25)28(24)36-26(23)19-31/h4-13,15,17,27H,3,14,16,18-19H2,1-2H3,(H,30,34)/t27-/m0/s1. The van der Waals surface area contributed by atoms with E-state index in [9.17, 15) is 4.79 Å². The highest BCUT2D eigenvalue weighted by molar-refractivity contribution is 7.15. The molecule has 0 fully saturated rings. The number of methoxy groups -OCH3 is 1. The zero-order valence-electron chi connectivity index (χ0n) is 20.6. The lowest BCUT2D eigenvalue weighted by Gasteiger charge is -2.32. The van der Waals surface area contributed by atoms with Crippen molar-refractivity contribution < 1.29 is 9.53 Å². The van der Waals surface area contributed by atoms with Crippen molar-refractivity contribution in [2.24, 2.45) is 0 Å². The van der Waals surface area contributed by atoms with Gasteiger partial charge in [-0.3, -0.25) is 4.90 Å². The Morgan fingerprint density at radius 2 is 1.92 bits per heavy atom. The van der Waals surface area contributed by atoms with Crippen molar-refractivity contribution in [3.8, 4) is 10.8 Å². The predicted molar refractivity (Wildman–Crippen MR) is 144 cm³/mol. The Labute approximate surface area is 215 Å². The Hall–Kier alpha value is -3.55. The van der Waals surface area contributed by atoms with Crippen LogP contribution in [0.5, 0.6) is 5.75 Å². The highest BCUT2D eigenvalue weighted by atomic mass is 32.1. The van der Waals surface area contributed by atoms with E-state index in [4.69, 9.17) is 4.74 Å². The number of benzene rings is 2. The van der Waals surface area contributed by atoms with Crippen molar-refractivity contribution in [1.29, 1.82) is 0 Å². The SMILES string of the molecule is CCN1CCc2c(sc3c2CN(C(=O)Nc2cccc(OC)c2)[C@@H](c2ccccc2)c2cccn2-3)C1. The van der Waals surface area contributed by atoms with Crippen molar-refractivity contribution in [3.05, 3.63) is 100 Å². The molecule has 1 N–H and O–H groups in total. The minimum Gasteiger partial charge on any atom is -0.497 e. The van der Waals surface area contributed by atoms with Crippen LogP contribution in [0.1, 0.15) is 40.2 Å². The Bertz CT molecular complexity index is 1390. The van der Waals surface area contributed by atoms with E-state index in [2.05, 4.69) is 52.2 Å². The summed E-state index contributed by atoms with van der Waals surface area (Å²) in [5.74, 6) is 0.715. The summed E-state index contributed by atoms with van der Waals surface area (Å²) < 4.78 is 7.68. The van der Waals surface area contributed by atoms with Crippen LogP contribution in [0.4, 0.5) is 10.5 Å². The molecule has 36 heavy (non-hydrogen) atoms. The van der Waals surface area contributed by atoms with E-state index >= 15 is 0 Å². The Morgan fingerprint density at radius 3 is 2.72 bits per heavy atom. The van der Waals surface area contributed by atoms with Gasteiger partial charge in [0.1, 0.15) is 10.8 Å². The highest BCUT2D eigenvalue weighted by Gasteiger charge is 2.36. The molecule has 7 heteroatoms. The van der Waals surface area contributed by atoms with Crippen molar-refractivity contribution in [3.63, 3.8) is 0 Å². The molecule has 2 aromatic carbocycles. The molecule has 2 aliphatic rings. The number of rotatable bonds is 4. The first kappa shape index (κ1) is 22.9. The summed E-state index contributed by atoms with van der Waals surface area (Å²) in [5.41, 5.74) is 5.62. The maximum atomic E-state index is 14.0. The van der Waals surface area contributed by atoms with Gasteiger partial charge in [-0.2, -0.15) is 0 Å². The maximum absolute atomic E-state index is 14.0. The van der Waals surface area contributed by atoms with Crippen LogP contribution in [0.2, 0.25) is 0 Å². The summed E-state index contributed by atoms with van der Waals surface area (Å²) in [7, 11) is 1.64. The molecule has 1 atom stereocenters. The van der Waals surface area contributed by atoms with Gasteiger partial charge in [0.15, 0.2) is 0 Å². The summed E-state index contributed by atoms with van der Waals surface area (Å²) in [6.45, 7) is 5.89. The van der Waals surface area contributed by atoms with Gasteiger partial charge in [0.05, 0.1) is 25.4 Å². The van der Waals surface area contributed by atoms with Gasteiger partial charge in [-0.15, -0.1) is 11.3 Å². The number of urea groups is 1. The van der Waals surface area contributed by atoms with Gasteiger partial charge in [0.2, 0.25) is 0 Å². The number of ether oxygens (including phenoxy) is 1. The van der Waals surface area contributed by atoms with Gasteiger partial charge in [-0.05, 0) is 48.4 Å². The van der Waals surface area contributed by atoms with E-state index < -0.39 is 0 Å². The largest absolute Gasteiger partial charge is 0.497 e. The smallest absolute Gasteiger partial charge is 0.322 e. The molecule has 0 saturated carbocycles. The number of nitrogens with zero attached hydrogens (tertiary/aromatic N) is 3. The molecule has 4 aromatic rings. The second kappa shape index (κ2) is 9.48. The number of likely N-dealkylation sites (N-methyl/N-ethyl adjacent to an activating group) is 1. The van der Waals surface area contributed by atoms with Crippen LogP contribution in [0.15, 0.2) is 72.9 Å². The number of carbonyl (C=O) groups excluding carboxylic acids is 1. The Balaban J connectivity index is 1.46. The Kier molecular flexibility index (Phi) is 6.03. The van der Waals surface area contributed by atoms with E-state index in [1.54, 1.807) is 7.11 Å². The maximum Gasteiger partial charge on any atom is 0.322 e. The van der Waals surface area contributed by atoms with Crippen LogP contribution in [0, 0.1) is 0 Å². The molecule has 2 amide bonds. The van der Waals surface area contributed by atoms with Gasteiger partial charge in [0, 0.05) is 41.5 Å². The van der Waals surface area contributed by atoms with Crippen LogP contribution in [-0.4, -0.2) is 40.6 Å². The number of hydrogen-bond donors (Lipinski definition) is 1. The van der Waals surface area contributed by atoms with Crippen LogP contribution >= 0.6 is 11.3 Å². The fourth-order valence-corrected chi connectivity index (χ4v) is 6.83. The van der Waals surface area contributed by atoms with E-state index in [0.717, 1.165) is 43.0 Å². The molecule has 0 spiro atoms. The molecule has 0 bridgehead atoms. The zero-order valence-corrected chi connectivity index (χ0v) is 21.4. The van der Waals surface area contributed by atoms with Crippen molar-refractivity contribution in [2.45, 2.75) is 32.5 Å². The normalized spacial score (nSPS) is 17.1. The predicted octanol–water partition coefficient (Wildman–Crippen LogP) is 6.06. The fraction of sp³-hybridized carbons (Fsp3) is 0.276. The first-order valence-electron chi connectivity index (χ1n) is 12.5. The number of amides is 2. The number of fused-ring (bicyclic) bond motifs is 5. The lowest BCUT2D eigenvalue weighted by atomic mass is 10.0. The lowest BCUT2D eigenvalue weighted by Crippen LogP contribution is -2.38. The van der Waals surface area contributed by atoms with E-state index in [-0.39, 0.29) is 12.1 Å². The molecular formula is C29H30N4O2S. The zero-order chi connectivity index (χ0) is 24.6. The molecule has 184 valence electrons. The first-order chi connectivity index (χ1) is 17.7. The van der Waals surface area contributed by atoms with Crippen LogP contribution in [0.3, 0.4) is 0 Å². The summed E-state index contributed by atoms with van der Waals surface area (Å²) in [4.78, 5) is 19.9. The van der Waals surface area contributed by atoms with Crippen molar-refractivity contribution in [2.75, 3.05) is 25.5 Å². The molecule has 0 radical (unpaired) electrons. The fourth-order valence-electron chi connectivity index (χ4n) is 5.43. The quantitative estimate of drug-likeness (QED) is 0.372. The van der Waals surface area contributed by atoms with E-state index in [0.29, 0.717) is 12.3 Å². The third kappa shape index (κ3) is 3.98. The molecule has 2 aliphatic heterocycles. The minimum atomic E-state index is -0.210. The topological polar surface area (TPSA) is 49.7 Å². The number of hydrogen-bond acceptors (Lipinski definition) is 4. The van der Waals surface area contributed by atoms with Gasteiger partial charge in [0.25, 0.3) is 0 Å². The summed E-state index contributed by atoms with van der Waals surface area (Å²) in [6, 6.07) is 21.8. The number of thiophene rings is 1. The van der Waals surface area contributed by atoms with Gasteiger partial charge in [-0.1, -0.05) is 43.3 Å². The summed E-state index contributed by atoms with van der Waals surface area (Å²) in [6.07, 6.45) is 3.17. The summed E-state index contributed by atoms with van der Waals surface area (Å²) in [5, 5.41) is 4.39. The molecule has 6 nitrogen and oxygen atoms in total. The van der Waals surface area contributed by atoms with Crippen molar-refractivity contribution in [1.82, 2.24) is 14.4 Å². The molecule has 6 rings (SSSR count). The van der Waals surface area contributed by atoms with Crippen LogP contribution in [0.25, 0.3) is 5.00 Å². The van der Waals surface area contributed by atoms with Gasteiger partial charge >= 0.3 is 6.03 Å². The van der Waals surface area contributed by atoms with Gasteiger partial charge in [-0.25, -0.2) is 4.79 Å². The first-order valence-corrected chi connectivity index (χ1v) is 13.3. The van der Waals surface area contributed by atoms with E-state index in [1.807, 2.05) is 58.7 Å². The lowest BCUT2D eigenvalue weighted by molar-refractivity contribution is 0.194. The number of anilines is 1. The monoisotopic (exact) mass is 498 g/mol. The third-order valence-corrected chi connectivity index (χ3v) is 8.55. The minimum absolute atomic E-state index is 0.122. The van der Waals surface area contributed by atoms with Crippen molar-refractivity contribution >= 4 is 23.1 Å². The van der Waals surface area contributed by atoms with Crippen LogP contribution in [-0.2, 0) is 19.5 Å². The average molecular weight is 499 g/mol. The molecule has 0 aliphatic carbocycles. The summed E-state index contributed by atoms with van der Waals surface area (Å²) >= 11 is 1.88. The number of nitrogens with one attached hydrogen (secondary N) is 1. The highest BCUT2D eigenvalue weighted by Crippen LogP contribution is 2.43. The van der Waals surface area contributed by atoms with E-state index in [1.165, 1.54) is 21.0 Å². The van der Waals surface area contributed by atoms with Crippen LogP contribution < -0.4 is 10.1 Å².